The second-order valence-electron chi connectivity index (χ2n) is 4.35. The van der Waals surface area contributed by atoms with Crippen LogP contribution in [0.4, 0.5) is 0 Å². The van der Waals surface area contributed by atoms with E-state index in [1.807, 2.05) is 4.68 Å². The van der Waals surface area contributed by atoms with Crippen molar-refractivity contribution in [3.8, 4) is 0 Å². The van der Waals surface area contributed by atoms with Crippen LogP contribution in [-0.4, -0.2) is 35.3 Å². The van der Waals surface area contributed by atoms with Gasteiger partial charge >= 0.3 is 0 Å². The number of methoxy groups -OCH3 is 1. The second kappa shape index (κ2) is 7.40. The molecule has 0 saturated heterocycles. The van der Waals surface area contributed by atoms with Crippen molar-refractivity contribution < 1.29 is 4.74 Å². The third kappa shape index (κ3) is 3.78. The molecule has 1 heterocycles. The third-order valence-electron chi connectivity index (χ3n) is 2.90. The van der Waals surface area contributed by atoms with Gasteiger partial charge in [-0.1, -0.05) is 18.6 Å². The zero-order chi connectivity index (χ0) is 12.7. The van der Waals surface area contributed by atoms with E-state index in [4.69, 9.17) is 10.5 Å². The molecule has 1 aromatic rings. The van der Waals surface area contributed by atoms with Crippen molar-refractivity contribution in [1.29, 1.82) is 0 Å². The SMILES string of the molecule is CCCc1c(CCN)nnn1C(C)CCOC. The van der Waals surface area contributed by atoms with E-state index in [1.54, 1.807) is 7.11 Å². The Morgan fingerprint density at radius 1 is 1.41 bits per heavy atom. The van der Waals surface area contributed by atoms with Gasteiger partial charge in [0.15, 0.2) is 0 Å². The summed E-state index contributed by atoms with van der Waals surface area (Å²) < 4.78 is 7.14. The quantitative estimate of drug-likeness (QED) is 0.744. The molecule has 0 aliphatic heterocycles. The monoisotopic (exact) mass is 240 g/mol. The Morgan fingerprint density at radius 3 is 2.76 bits per heavy atom. The summed E-state index contributed by atoms with van der Waals surface area (Å²) in [4.78, 5) is 0. The van der Waals surface area contributed by atoms with Crippen molar-refractivity contribution in [3.05, 3.63) is 11.4 Å². The predicted molar refractivity (Wildman–Crippen MR) is 68.0 cm³/mol. The van der Waals surface area contributed by atoms with Crippen LogP contribution < -0.4 is 5.73 Å². The summed E-state index contributed by atoms with van der Waals surface area (Å²) >= 11 is 0. The molecule has 0 bridgehead atoms. The number of hydrogen-bond acceptors (Lipinski definition) is 4. The van der Waals surface area contributed by atoms with Crippen molar-refractivity contribution in [3.63, 3.8) is 0 Å². The number of nitrogens with two attached hydrogens (primary N) is 1. The van der Waals surface area contributed by atoms with E-state index >= 15 is 0 Å². The van der Waals surface area contributed by atoms with Gasteiger partial charge in [0, 0.05) is 20.1 Å². The highest BCUT2D eigenvalue weighted by atomic mass is 16.5. The van der Waals surface area contributed by atoms with Gasteiger partial charge in [0.05, 0.1) is 17.4 Å². The first kappa shape index (κ1) is 14.1. The lowest BCUT2D eigenvalue weighted by molar-refractivity contribution is 0.177. The molecule has 17 heavy (non-hydrogen) atoms. The minimum absolute atomic E-state index is 0.329. The van der Waals surface area contributed by atoms with Crippen molar-refractivity contribution in [2.45, 2.75) is 45.6 Å². The highest BCUT2D eigenvalue weighted by Gasteiger charge is 2.15. The fourth-order valence-electron chi connectivity index (χ4n) is 1.94. The average molecular weight is 240 g/mol. The molecular weight excluding hydrogens is 216 g/mol. The van der Waals surface area contributed by atoms with Crippen LogP contribution in [0, 0.1) is 0 Å². The Labute approximate surface area is 103 Å². The van der Waals surface area contributed by atoms with E-state index < -0.39 is 0 Å². The summed E-state index contributed by atoms with van der Waals surface area (Å²) in [6, 6.07) is 0.329. The van der Waals surface area contributed by atoms with Crippen molar-refractivity contribution in [2.75, 3.05) is 20.3 Å². The molecule has 0 amide bonds. The molecule has 5 nitrogen and oxygen atoms in total. The molecular formula is C12H24N4O. The normalized spacial score (nSPS) is 12.9. The lowest BCUT2D eigenvalue weighted by Crippen LogP contribution is -2.14. The minimum Gasteiger partial charge on any atom is -0.385 e. The molecule has 2 N–H and O–H groups in total. The number of nitrogens with zero attached hydrogens (tertiary/aromatic N) is 3. The van der Waals surface area contributed by atoms with E-state index in [2.05, 4.69) is 24.2 Å². The Balaban J connectivity index is 2.82. The molecule has 1 atom stereocenters. The number of rotatable bonds is 8. The van der Waals surface area contributed by atoms with Crippen LogP contribution in [0.1, 0.15) is 44.1 Å². The van der Waals surface area contributed by atoms with Crippen molar-refractivity contribution in [2.24, 2.45) is 5.73 Å². The lowest BCUT2D eigenvalue weighted by atomic mass is 10.1. The highest BCUT2D eigenvalue weighted by Crippen LogP contribution is 2.17. The van der Waals surface area contributed by atoms with Gasteiger partial charge in [-0.25, -0.2) is 4.68 Å². The lowest BCUT2D eigenvalue weighted by Gasteiger charge is -2.14. The maximum Gasteiger partial charge on any atom is 0.0871 e. The van der Waals surface area contributed by atoms with Gasteiger partial charge in [-0.05, 0) is 26.3 Å². The number of hydrogen-bond donors (Lipinski definition) is 1. The van der Waals surface area contributed by atoms with E-state index in [0.717, 1.165) is 38.0 Å². The van der Waals surface area contributed by atoms with Crippen molar-refractivity contribution >= 4 is 0 Å². The van der Waals surface area contributed by atoms with E-state index in [9.17, 15) is 0 Å². The Kier molecular flexibility index (Phi) is 6.15. The largest absolute Gasteiger partial charge is 0.385 e. The van der Waals surface area contributed by atoms with Crippen LogP contribution in [0.25, 0.3) is 0 Å². The zero-order valence-corrected chi connectivity index (χ0v) is 11.1. The maximum atomic E-state index is 5.59. The van der Waals surface area contributed by atoms with Gasteiger partial charge in [-0.3, -0.25) is 0 Å². The van der Waals surface area contributed by atoms with Crippen LogP contribution >= 0.6 is 0 Å². The average Bonchev–Trinajstić information content (AvgIpc) is 2.71. The Morgan fingerprint density at radius 2 is 2.18 bits per heavy atom. The molecule has 0 aromatic carbocycles. The molecule has 5 heteroatoms. The summed E-state index contributed by atoms with van der Waals surface area (Å²) in [5, 5.41) is 8.51. The molecule has 1 unspecified atom stereocenters. The highest BCUT2D eigenvalue weighted by molar-refractivity contribution is 5.11. The van der Waals surface area contributed by atoms with E-state index in [1.165, 1.54) is 5.69 Å². The number of ether oxygens (including phenoxy) is 1. The standard InChI is InChI=1S/C12H24N4O/c1-4-5-12-11(6-8-13)14-15-16(12)10(2)7-9-17-3/h10H,4-9,13H2,1-3H3. The Hall–Kier alpha value is -0.940. The fourth-order valence-corrected chi connectivity index (χ4v) is 1.94. The molecule has 1 aromatic heterocycles. The van der Waals surface area contributed by atoms with Crippen LogP contribution in [0.5, 0.6) is 0 Å². The first-order valence-electron chi connectivity index (χ1n) is 6.36. The summed E-state index contributed by atoms with van der Waals surface area (Å²) in [5.41, 5.74) is 7.89. The second-order valence-corrected chi connectivity index (χ2v) is 4.35. The molecule has 0 aliphatic carbocycles. The van der Waals surface area contributed by atoms with Gasteiger partial charge < -0.3 is 10.5 Å². The molecule has 0 spiro atoms. The van der Waals surface area contributed by atoms with Gasteiger partial charge in [0.2, 0.25) is 0 Å². The van der Waals surface area contributed by atoms with Crippen molar-refractivity contribution in [1.82, 2.24) is 15.0 Å². The topological polar surface area (TPSA) is 66.0 Å². The van der Waals surface area contributed by atoms with Crippen LogP contribution in [-0.2, 0) is 17.6 Å². The van der Waals surface area contributed by atoms with Crippen LogP contribution in [0.2, 0.25) is 0 Å². The summed E-state index contributed by atoms with van der Waals surface area (Å²) in [6.07, 6.45) is 3.88. The molecule has 0 aliphatic rings. The molecule has 1 rings (SSSR count). The van der Waals surface area contributed by atoms with E-state index in [0.29, 0.717) is 12.6 Å². The third-order valence-corrected chi connectivity index (χ3v) is 2.90. The van der Waals surface area contributed by atoms with Gasteiger partial charge in [-0.15, -0.1) is 5.10 Å². The van der Waals surface area contributed by atoms with E-state index in [-0.39, 0.29) is 0 Å². The van der Waals surface area contributed by atoms with Crippen LogP contribution in [0.15, 0.2) is 0 Å². The first-order chi connectivity index (χ1) is 8.24. The summed E-state index contributed by atoms with van der Waals surface area (Å²) in [7, 11) is 1.72. The van der Waals surface area contributed by atoms with Gasteiger partial charge in [0.1, 0.15) is 0 Å². The predicted octanol–water partition coefficient (Wildman–Crippen LogP) is 1.33. The molecule has 98 valence electrons. The maximum absolute atomic E-state index is 5.59. The zero-order valence-electron chi connectivity index (χ0n) is 11.1. The van der Waals surface area contributed by atoms with Crippen LogP contribution in [0.3, 0.4) is 0 Å². The summed E-state index contributed by atoms with van der Waals surface area (Å²) in [5.74, 6) is 0. The number of aromatic nitrogens is 3. The summed E-state index contributed by atoms with van der Waals surface area (Å²) in [6.45, 7) is 5.70. The minimum atomic E-state index is 0.329. The molecule has 0 fully saturated rings. The Bertz CT molecular complexity index is 324. The molecule has 0 saturated carbocycles. The van der Waals surface area contributed by atoms with Gasteiger partial charge in [-0.2, -0.15) is 0 Å². The smallest absolute Gasteiger partial charge is 0.0871 e. The molecule has 0 radical (unpaired) electrons. The van der Waals surface area contributed by atoms with Gasteiger partial charge in [0.25, 0.3) is 0 Å². The first-order valence-corrected chi connectivity index (χ1v) is 6.36. The fraction of sp³-hybridized carbons (Fsp3) is 0.833.